The molecule has 1 aromatic carbocycles. The Morgan fingerprint density at radius 1 is 1.21 bits per heavy atom. The molecule has 3 aromatic rings. The van der Waals surface area contributed by atoms with Crippen molar-refractivity contribution in [2.24, 2.45) is 0 Å². The molecule has 1 saturated heterocycles. The summed E-state index contributed by atoms with van der Waals surface area (Å²) in [4.78, 5) is 18.2. The first-order valence-corrected chi connectivity index (χ1v) is 9.30. The number of halogens is 1. The first kappa shape index (κ1) is 18.2. The van der Waals surface area contributed by atoms with E-state index in [0.29, 0.717) is 18.8 Å². The van der Waals surface area contributed by atoms with Crippen molar-refractivity contribution in [3.63, 3.8) is 0 Å². The second-order valence-electron chi connectivity index (χ2n) is 6.84. The maximum atomic E-state index is 13.6. The molecule has 4 rings (SSSR count). The van der Waals surface area contributed by atoms with Crippen molar-refractivity contribution in [1.82, 2.24) is 20.1 Å². The van der Waals surface area contributed by atoms with E-state index in [-0.39, 0.29) is 24.2 Å². The number of hydrogen-bond acceptors (Lipinski definition) is 4. The molecule has 0 saturated carbocycles. The zero-order valence-electron chi connectivity index (χ0n) is 15.3. The lowest BCUT2D eigenvalue weighted by molar-refractivity contribution is -0.134. The van der Waals surface area contributed by atoms with Crippen LogP contribution in [-0.4, -0.2) is 45.7 Å². The van der Waals surface area contributed by atoms with E-state index in [1.807, 2.05) is 11.0 Å². The van der Waals surface area contributed by atoms with Crippen LogP contribution in [0.4, 0.5) is 4.39 Å². The Hall–Kier alpha value is -3.22. The summed E-state index contributed by atoms with van der Waals surface area (Å²) in [5.41, 5.74) is 2.74. The molecular formula is C21H21FN4O2. The smallest absolute Gasteiger partial charge is 0.260 e. The lowest BCUT2D eigenvalue weighted by Crippen LogP contribution is -2.40. The number of ether oxygens (including phenoxy) is 1. The molecule has 7 heteroatoms. The van der Waals surface area contributed by atoms with Crippen LogP contribution >= 0.6 is 0 Å². The molecule has 28 heavy (non-hydrogen) atoms. The van der Waals surface area contributed by atoms with E-state index in [9.17, 15) is 9.18 Å². The number of likely N-dealkylation sites (tertiary alicyclic amines) is 1. The molecule has 1 aliphatic heterocycles. The molecule has 1 fully saturated rings. The Morgan fingerprint density at radius 3 is 2.82 bits per heavy atom. The molecule has 0 atom stereocenters. The van der Waals surface area contributed by atoms with Gasteiger partial charge < -0.3 is 9.64 Å². The molecule has 0 spiro atoms. The summed E-state index contributed by atoms with van der Waals surface area (Å²) in [7, 11) is 0. The number of amides is 1. The van der Waals surface area contributed by atoms with Gasteiger partial charge in [0.2, 0.25) is 0 Å². The molecule has 0 radical (unpaired) electrons. The Kier molecular flexibility index (Phi) is 5.32. The van der Waals surface area contributed by atoms with Gasteiger partial charge in [-0.15, -0.1) is 0 Å². The predicted octanol–water partition coefficient (Wildman–Crippen LogP) is 3.40. The minimum absolute atomic E-state index is 0.00889. The second kappa shape index (κ2) is 8.21. The molecule has 1 amide bonds. The largest absolute Gasteiger partial charge is 0.482 e. The Labute approximate surface area is 162 Å². The third-order valence-electron chi connectivity index (χ3n) is 5.06. The van der Waals surface area contributed by atoms with Gasteiger partial charge in [0.05, 0.1) is 12.4 Å². The molecule has 1 N–H and O–H groups in total. The average Bonchev–Trinajstić information content (AvgIpc) is 3.23. The summed E-state index contributed by atoms with van der Waals surface area (Å²) < 4.78 is 19.1. The van der Waals surface area contributed by atoms with Gasteiger partial charge in [0.1, 0.15) is 11.6 Å². The Morgan fingerprint density at radius 2 is 2.07 bits per heavy atom. The van der Waals surface area contributed by atoms with Crippen molar-refractivity contribution in [3.05, 3.63) is 66.5 Å². The van der Waals surface area contributed by atoms with Crippen LogP contribution < -0.4 is 4.74 Å². The van der Waals surface area contributed by atoms with E-state index < -0.39 is 0 Å². The first-order chi connectivity index (χ1) is 13.7. The SMILES string of the molecule is O=C(COc1cccnc1)N1CCC(c2[nH]ncc2-c2cccc(F)c2)CC1. The van der Waals surface area contributed by atoms with Crippen molar-refractivity contribution in [3.8, 4) is 16.9 Å². The quantitative estimate of drug-likeness (QED) is 0.736. The Balaban J connectivity index is 1.36. The average molecular weight is 380 g/mol. The summed E-state index contributed by atoms with van der Waals surface area (Å²) in [5, 5.41) is 7.24. The number of benzene rings is 1. The predicted molar refractivity (Wildman–Crippen MR) is 102 cm³/mol. The number of aromatic nitrogens is 3. The number of H-pyrrole nitrogens is 1. The molecule has 6 nitrogen and oxygen atoms in total. The minimum atomic E-state index is -0.265. The number of carbonyl (C=O) groups is 1. The number of rotatable bonds is 5. The number of hydrogen-bond donors (Lipinski definition) is 1. The zero-order chi connectivity index (χ0) is 19.3. The van der Waals surface area contributed by atoms with E-state index in [0.717, 1.165) is 29.7 Å². The zero-order valence-corrected chi connectivity index (χ0v) is 15.3. The minimum Gasteiger partial charge on any atom is -0.482 e. The van der Waals surface area contributed by atoms with Crippen LogP contribution in [0.15, 0.2) is 55.0 Å². The summed E-state index contributed by atoms with van der Waals surface area (Å²) in [5.74, 6) is 0.544. The maximum Gasteiger partial charge on any atom is 0.260 e. The van der Waals surface area contributed by atoms with Crippen LogP contribution in [0.25, 0.3) is 11.1 Å². The lowest BCUT2D eigenvalue weighted by Gasteiger charge is -2.32. The van der Waals surface area contributed by atoms with Crippen LogP contribution in [0.2, 0.25) is 0 Å². The fraction of sp³-hybridized carbons (Fsp3) is 0.286. The number of nitrogens with zero attached hydrogens (tertiary/aromatic N) is 3. The molecule has 144 valence electrons. The third kappa shape index (κ3) is 4.03. The molecule has 0 aliphatic carbocycles. The van der Waals surface area contributed by atoms with Crippen LogP contribution in [0.5, 0.6) is 5.75 Å². The van der Waals surface area contributed by atoms with E-state index in [1.54, 1.807) is 36.8 Å². The van der Waals surface area contributed by atoms with E-state index in [2.05, 4.69) is 15.2 Å². The summed E-state index contributed by atoms with van der Waals surface area (Å²) in [6, 6.07) is 10.1. The molecule has 1 aliphatic rings. The van der Waals surface area contributed by atoms with Gasteiger partial charge in [-0.2, -0.15) is 5.10 Å². The van der Waals surface area contributed by atoms with Crippen LogP contribution in [0.1, 0.15) is 24.5 Å². The van der Waals surface area contributed by atoms with Crippen molar-refractivity contribution < 1.29 is 13.9 Å². The number of piperidine rings is 1. The molecule has 2 aromatic heterocycles. The van der Waals surface area contributed by atoms with E-state index in [4.69, 9.17) is 4.74 Å². The molecule has 3 heterocycles. The van der Waals surface area contributed by atoms with Crippen molar-refractivity contribution in [2.75, 3.05) is 19.7 Å². The lowest BCUT2D eigenvalue weighted by atomic mass is 9.89. The van der Waals surface area contributed by atoms with Crippen LogP contribution in [-0.2, 0) is 4.79 Å². The monoisotopic (exact) mass is 380 g/mol. The highest BCUT2D eigenvalue weighted by atomic mass is 19.1. The highest BCUT2D eigenvalue weighted by Crippen LogP contribution is 2.34. The number of pyridine rings is 1. The normalized spacial score (nSPS) is 14.8. The molecule has 0 unspecified atom stereocenters. The van der Waals surface area contributed by atoms with Gasteiger partial charge in [-0.3, -0.25) is 14.9 Å². The van der Waals surface area contributed by atoms with Gasteiger partial charge >= 0.3 is 0 Å². The van der Waals surface area contributed by atoms with E-state index >= 15 is 0 Å². The summed E-state index contributed by atoms with van der Waals surface area (Å²) in [6.45, 7) is 1.32. The van der Waals surface area contributed by atoms with Gasteiger partial charge in [-0.05, 0) is 42.7 Å². The van der Waals surface area contributed by atoms with Crippen molar-refractivity contribution in [1.29, 1.82) is 0 Å². The van der Waals surface area contributed by atoms with Gasteiger partial charge in [-0.1, -0.05) is 12.1 Å². The second-order valence-corrected chi connectivity index (χ2v) is 6.84. The third-order valence-corrected chi connectivity index (χ3v) is 5.06. The van der Waals surface area contributed by atoms with Gasteiger partial charge in [0.25, 0.3) is 5.91 Å². The van der Waals surface area contributed by atoms with Crippen LogP contribution in [0, 0.1) is 5.82 Å². The highest BCUT2D eigenvalue weighted by molar-refractivity contribution is 5.78. The highest BCUT2D eigenvalue weighted by Gasteiger charge is 2.27. The maximum absolute atomic E-state index is 13.6. The van der Waals surface area contributed by atoms with Crippen molar-refractivity contribution >= 4 is 5.91 Å². The molecule has 0 bridgehead atoms. The van der Waals surface area contributed by atoms with Gasteiger partial charge in [0, 0.05) is 36.5 Å². The standard InChI is InChI=1S/C21H21FN4O2/c22-17-4-1-3-16(11-17)19-13-24-25-21(19)15-6-9-26(10-7-15)20(27)14-28-18-5-2-8-23-12-18/h1-5,8,11-13,15H,6-7,9-10,14H2,(H,24,25). The fourth-order valence-corrected chi connectivity index (χ4v) is 3.58. The van der Waals surface area contributed by atoms with Crippen molar-refractivity contribution in [2.45, 2.75) is 18.8 Å². The van der Waals surface area contributed by atoms with Gasteiger partial charge in [0.15, 0.2) is 6.61 Å². The number of nitrogens with one attached hydrogen (secondary N) is 1. The summed E-state index contributed by atoms with van der Waals surface area (Å²) >= 11 is 0. The van der Waals surface area contributed by atoms with Crippen LogP contribution in [0.3, 0.4) is 0 Å². The van der Waals surface area contributed by atoms with Gasteiger partial charge in [-0.25, -0.2) is 4.39 Å². The topological polar surface area (TPSA) is 71.1 Å². The van der Waals surface area contributed by atoms with E-state index in [1.165, 1.54) is 12.1 Å². The molecular weight excluding hydrogens is 359 g/mol. The summed E-state index contributed by atoms with van der Waals surface area (Å²) in [6.07, 6.45) is 6.63. The number of carbonyl (C=O) groups excluding carboxylic acids is 1. The fourth-order valence-electron chi connectivity index (χ4n) is 3.58. The number of aromatic amines is 1. The first-order valence-electron chi connectivity index (χ1n) is 9.30. The Bertz CT molecular complexity index is 936.